The van der Waals surface area contributed by atoms with Gasteiger partial charge in [-0.25, -0.2) is 0 Å². The van der Waals surface area contributed by atoms with Crippen LogP contribution in [0, 0.1) is 16.7 Å². The number of nitrogens with one attached hydrogen (secondary N) is 1. The van der Waals surface area contributed by atoms with Gasteiger partial charge in [0.05, 0.1) is 11.7 Å². The Morgan fingerprint density at radius 2 is 0.565 bits per heavy atom. The van der Waals surface area contributed by atoms with Gasteiger partial charge in [-0.2, -0.15) is 0 Å². The van der Waals surface area contributed by atoms with Gasteiger partial charge in [-0.3, -0.25) is 24.5 Å². The first-order valence-corrected chi connectivity index (χ1v) is 37.8. The summed E-state index contributed by atoms with van der Waals surface area (Å²) in [6, 6.07) is 0. The summed E-state index contributed by atoms with van der Waals surface area (Å²) in [6.45, 7) is 91.4. The van der Waals surface area contributed by atoms with E-state index in [1.165, 1.54) is 207 Å². The molecule has 0 aromatic rings. The molecule has 8 fully saturated rings. The van der Waals surface area contributed by atoms with E-state index in [1.54, 1.807) is 0 Å². The number of likely N-dealkylation sites (tertiary alicyclic amines) is 4. The van der Waals surface area contributed by atoms with Crippen LogP contribution in [0.25, 0.3) is 0 Å². The molecule has 0 aromatic carbocycles. The molecule has 5 saturated heterocycles. The Bertz CT molecular complexity index is 1250. The van der Waals surface area contributed by atoms with Crippen LogP contribution in [0.1, 0.15) is 377 Å². The minimum atomic E-state index is 0.0645. The molecule has 0 unspecified atom stereocenters. The first kappa shape index (κ1) is 95.8. The minimum Gasteiger partial charge on any atom is -0.373 e. The molecule has 85 heavy (non-hydrogen) atoms. The van der Waals surface area contributed by atoms with Gasteiger partial charge in [-0.1, -0.05) is 169 Å². The summed E-state index contributed by atoms with van der Waals surface area (Å²) < 4.78 is 5.80. The molecule has 0 aromatic heterocycles. The maximum atomic E-state index is 5.80. The van der Waals surface area contributed by atoms with Gasteiger partial charge in [0.1, 0.15) is 0 Å². The molecule has 5 aliphatic heterocycles. The molecule has 3 aliphatic carbocycles. The smallest absolute Gasteiger partial charge is 0.0602 e. The maximum absolute atomic E-state index is 5.80. The van der Waals surface area contributed by atoms with Gasteiger partial charge in [0, 0.05) is 53.9 Å². The van der Waals surface area contributed by atoms with Crippen LogP contribution in [0.2, 0.25) is 0 Å². The number of hydrogen-bond donors (Lipinski definition) is 1. The predicted molar refractivity (Wildman–Crippen MR) is 396 cm³/mol. The van der Waals surface area contributed by atoms with Gasteiger partial charge in [-0.15, -0.1) is 0 Å². The van der Waals surface area contributed by atoms with Gasteiger partial charge in [0.2, 0.25) is 0 Å². The van der Waals surface area contributed by atoms with Crippen LogP contribution in [0.4, 0.5) is 0 Å². The molecule has 8 rings (SSSR count). The molecule has 0 amide bonds. The van der Waals surface area contributed by atoms with Crippen LogP contribution in [0.5, 0.6) is 0 Å². The van der Waals surface area contributed by atoms with Crippen molar-refractivity contribution in [2.75, 3.05) is 78.5 Å². The average Bonchev–Trinajstić information content (AvgIpc) is 3.27. The Kier molecular flexibility index (Phi) is 60.0. The molecule has 3 saturated carbocycles. The number of rotatable bonds is 1. The number of nitrogens with zero attached hydrogens (tertiary/aromatic N) is 5. The lowest BCUT2D eigenvalue weighted by atomic mass is 9.62. The topological polar surface area (TPSA) is 37.5 Å². The quantitative estimate of drug-likeness (QED) is 0.280. The van der Waals surface area contributed by atoms with Crippen molar-refractivity contribution in [3.63, 3.8) is 0 Å². The van der Waals surface area contributed by atoms with E-state index in [0.717, 1.165) is 17.9 Å². The zero-order chi connectivity index (χ0) is 67.8. The monoisotopic (exact) mass is 1210 g/mol. The minimum absolute atomic E-state index is 0.0645. The van der Waals surface area contributed by atoms with Gasteiger partial charge < -0.3 is 10.1 Å². The Balaban J connectivity index is -0.000000207. The molecular formula is C78H174N6O. The lowest BCUT2D eigenvalue weighted by Crippen LogP contribution is -2.64. The SMILES string of the molecule is CC.CC.CC.CC.CC.CC.CC.CC(C)(C)C1CCCCC1.CC(C)(C)N1CC2(CCC2)C1.CC(C)(C)N1CCCC1.CC(C)(C)N1CCCCC1.CC(C)(C)N1CCCCC1.CC(C)(C)N1CCCNCC1.CC(C)(C)OC1CCCC1. The van der Waals surface area contributed by atoms with Crippen LogP contribution in [-0.2, 0) is 4.74 Å². The number of hydrogen-bond acceptors (Lipinski definition) is 7. The third-order valence-electron chi connectivity index (χ3n) is 17.0. The fraction of sp³-hybridized carbons (Fsp3) is 1.00. The third-order valence-corrected chi connectivity index (χ3v) is 17.0. The molecule has 7 heteroatoms. The van der Waals surface area contributed by atoms with Crippen molar-refractivity contribution in [3.8, 4) is 0 Å². The fourth-order valence-corrected chi connectivity index (χ4v) is 11.7. The van der Waals surface area contributed by atoms with Crippen LogP contribution in [-0.4, -0.2) is 142 Å². The van der Waals surface area contributed by atoms with Crippen molar-refractivity contribution in [3.05, 3.63) is 0 Å². The second-order valence-corrected chi connectivity index (χ2v) is 30.8. The van der Waals surface area contributed by atoms with Crippen molar-refractivity contribution in [2.24, 2.45) is 16.7 Å². The average molecular weight is 1210 g/mol. The van der Waals surface area contributed by atoms with Crippen LogP contribution >= 0.6 is 0 Å². The largest absolute Gasteiger partial charge is 0.373 e. The standard InChI is InChI=1S/C10H19N.C10H20.C9H20N2.2C9H19N.C9H18O.C8H17N.7C2H6/c1-9(2,3)11-7-10(8-11)5-4-6-10;1-10(2,3)9-7-5-4-6-8-9;1-9(2,3)11-7-4-5-10-6-8-11;2*1-9(2,3)10-7-5-4-6-8-10;1-9(2,3)10-8-6-4-5-7-8;1-8(2,3)9-6-4-5-7-9;7*1-2/h4-8H2,1-3H3;9H,4-8H2,1-3H3;10H,4-8H2,1-3H3;2*4-8H2,1-3H3;8H,4-7H2,1-3H3;4-7H2,1-3H3;7*1-2H3. The zero-order valence-electron chi connectivity index (χ0n) is 66.6. The summed E-state index contributed by atoms with van der Waals surface area (Å²) >= 11 is 0. The van der Waals surface area contributed by atoms with E-state index in [9.17, 15) is 0 Å². The molecule has 522 valence electrons. The number of ether oxygens (including phenoxy) is 1. The van der Waals surface area contributed by atoms with Gasteiger partial charge in [0.15, 0.2) is 0 Å². The normalized spacial score (nSPS) is 20.5. The summed E-state index contributed by atoms with van der Waals surface area (Å²) in [5.74, 6) is 1.00. The van der Waals surface area contributed by atoms with Crippen molar-refractivity contribution in [1.29, 1.82) is 0 Å². The molecule has 1 N–H and O–H groups in total. The highest BCUT2D eigenvalue weighted by molar-refractivity contribution is 5.03. The Morgan fingerprint density at radius 3 is 0.812 bits per heavy atom. The van der Waals surface area contributed by atoms with Crippen molar-refractivity contribution in [2.45, 2.75) is 417 Å². The Morgan fingerprint density at radius 1 is 0.294 bits per heavy atom. The molecular weight excluding hydrogens is 1040 g/mol. The third kappa shape index (κ3) is 50.0. The first-order chi connectivity index (χ1) is 39.6. The van der Waals surface area contributed by atoms with Gasteiger partial charge in [-0.05, 0) is 277 Å². The molecule has 1 spiro atoms. The predicted octanol–water partition coefficient (Wildman–Crippen LogP) is 23.3. The van der Waals surface area contributed by atoms with Crippen LogP contribution in [0.15, 0.2) is 0 Å². The summed E-state index contributed by atoms with van der Waals surface area (Å²) in [5, 5.41) is 3.41. The zero-order valence-corrected chi connectivity index (χ0v) is 66.6. The highest BCUT2D eigenvalue weighted by atomic mass is 16.5. The van der Waals surface area contributed by atoms with E-state index in [1.807, 2.05) is 96.9 Å². The fourth-order valence-electron chi connectivity index (χ4n) is 11.7. The van der Waals surface area contributed by atoms with E-state index in [0.29, 0.717) is 39.2 Å². The summed E-state index contributed by atoms with van der Waals surface area (Å²) in [5.41, 5.74) is 3.42. The van der Waals surface area contributed by atoms with Crippen molar-refractivity contribution < 1.29 is 4.74 Å². The van der Waals surface area contributed by atoms with Crippen LogP contribution in [0.3, 0.4) is 0 Å². The van der Waals surface area contributed by atoms with E-state index >= 15 is 0 Å². The molecule has 0 radical (unpaired) electrons. The second kappa shape index (κ2) is 53.3. The number of piperidine rings is 2. The second-order valence-electron chi connectivity index (χ2n) is 30.8. The lowest BCUT2D eigenvalue weighted by Gasteiger charge is -2.60. The Hall–Kier alpha value is -0.280. The van der Waals surface area contributed by atoms with E-state index in [4.69, 9.17) is 4.74 Å². The van der Waals surface area contributed by atoms with E-state index in [-0.39, 0.29) is 5.60 Å². The van der Waals surface area contributed by atoms with Gasteiger partial charge >= 0.3 is 0 Å². The van der Waals surface area contributed by atoms with Crippen LogP contribution < -0.4 is 5.32 Å². The molecule has 5 heterocycles. The summed E-state index contributed by atoms with van der Waals surface area (Å²) in [7, 11) is 0. The van der Waals surface area contributed by atoms with Crippen molar-refractivity contribution in [1.82, 2.24) is 29.8 Å². The molecule has 0 atom stereocenters. The molecule has 8 aliphatic rings. The highest BCUT2D eigenvalue weighted by Crippen LogP contribution is 2.50. The molecule has 0 bridgehead atoms. The van der Waals surface area contributed by atoms with E-state index < -0.39 is 0 Å². The summed E-state index contributed by atoms with van der Waals surface area (Å²) in [4.78, 5) is 12.9. The molecule has 7 nitrogen and oxygen atoms in total. The Labute approximate surface area is 543 Å². The first-order valence-electron chi connectivity index (χ1n) is 37.8. The highest BCUT2D eigenvalue weighted by Gasteiger charge is 2.50. The lowest BCUT2D eigenvalue weighted by molar-refractivity contribution is -0.104. The van der Waals surface area contributed by atoms with E-state index in [2.05, 4.69) is 175 Å². The maximum Gasteiger partial charge on any atom is 0.0602 e. The van der Waals surface area contributed by atoms with Crippen molar-refractivity contribution >= 4 is 0 Å². The van der Waals surface area contributed by atoms with Gasteiger partial charge in [0.25, 0.3) is 0 Å². The summed E-state index contributed by atoms with van der Waals surface area (Å²) in [6.07, 6.45) is 30.3.